The van der Waals surface area contributed by atoms with Crippen molar-refractivity contribution in [1.82, 2.24) is 10.2 Å². The number of nitro groups is 1. The summed E-state index contributed by atoms with van der Waals surface area (Å²) in [6.45, 7) is 1.54. The Bertz CT molecular complexity index is 757. The largest absolute Gasteiger partial charge is 0.493 e. The number of rotatable bonds is 7. The van der Waals surface area contributed by atoms with E-state index in [1.807, 2.05) is 6.92 Å². The van der Waals surface area contributed by atoms with E-state index in [1.54, 1.807) is 0 Å². The highest BCUT2D eigenvalue weighted by Gasteiger charge is 2.26. The van der Waals surface area contributed by atoms with Crippen LogP contribution < -0.4 is 9.47 Å². The van der Waals surface area contributed by atoms with E-state index in [2.05, 4.69) is 10.2 Å². The number of nitro benzene ring substituents is 1. The van der Waals surface area contributed by atoms with Gasteiger partial charge in [0, 0.05) is 12.5 Å². The minimum atomic E-state index is -0.918. The number of nitrogens with zero attached hydrogens (tertiary/aromatic N) is 3. The first-order valence-electron chi connectivity index (χ1n) is 6.88. The maximum atomic E-state index is 12.2. The van der Waals surface area contributed by atoms with Crippen LogP contribution >= 0.6 is 0 Å². The molecule has 0 N–H and O–H groups in total. The quantitative estimate of drug-likeness (QED) is 0.423. The molecule has 0 saturated carbocycles. The van der Waals surface area contributed by atoms with Crippen LogP contribution in [0.25, 0.3) is 0 Å². The molecular formula is C14H15N3O7. The minimum absolute atomic E-state index is 0.100. The summed E-state index contributed by atoms with van der Waals surface area (Å²) in [5.41, 5.74) is -0.731. The number of carbonyl (C=O) groups excluding carboxylic acids is 1. The van der Waals surface area contributed by atoms with Gasteiger partial charge in [-0.25, -0.2) is 4.79 Å². The molecule has 1 aromatic carbocycles. The number of aryl methyl sites for hydroxylation is 1. The van der Waals surface area contributed by atoms with E-state index in [0.29, 0.717) is 12.3 Å². The summed E-state index contributed by atoms with van der Waals surface area (Å²) in [7, 11) is 2.68. The molecule has 0 aliphatic carbocycles. The summed E-state index contributed by atoms with van der Waals surface area (Å²) >= 11 is 0. The fourth-order valence-electron chi connectivity index (χ4n) is 1.88. The molecule has 0 saturated heterocycles. The first-order valence-corrected chi connectivity index (χ1v) is 6.88. The Kier molecular flexibility index (Phi) is 5.30. The van der Waals surface area contributed by atoms with E-state index in [-0.39, 0.29) is 29.6 Å². The number of ether oxygens (including phenoxy) is 3. The lowest BCUT2D eigenvalue weighted by Gasteiger charge is -2.10. The first kappa shape index (κ1) is 17.2. The van der Waals surface area contributed by atoms with Crippen molar-refractivity contribution >= 4 is 11.7 Å². The summed E-state index contributed by atoms with van der Waals surface area (Å²) in [6, 6.07) is 2.28. The van der Waals surface area contributed by atoms with Crippen molar-refractivity contribution in [2.45, 2.75) is 20.0 Å². The fraction of sp³-hybridized carbons (Fsp3) is 0.357. The lowest BCUT2D eigenvalue weighted by atomic mass is 10.1. The van der Waals surface area contributed by atoms with E-state index in [9.17, 15) is 14.9 Å². The number of aromatic nitrogens is 2. The molecule has 1 aromatic heterocycles. The van der Waals surface area contributed by atoms with Crippen LogP contribution in [0.1, 0.15) is 29.1 Å². The highest BCUT2D eigenvalue weighted by molar-refractivity contribution is 5.95. The van der Waals surface area contributed by atoms with Crippen molar-refractivity contribution in [2.75, 3.05) is 14.2 Å². The van der Waals surface area contributed by atoms with Gasteiger partial charge in [0.25, 0.3) is 11.6 Å². The Labute approximate surface area is 136 Å². The summed E-state index contributed by atoms with van der Waals surface area (Å²) in [5.74, 6) is -0.119. The van der Waals surface area contributed by atoms with Crippen LogP contribution in [0.15, 0.2) is 16.5 Å². The van der Waals surface area contributed by atoms with Crippen LogP contribution in [-0.2, 0) is 17.8 Å². The van der Waals surface area contributed by atoms with Gasteiger partial charge in [0.15, 0.2) is 18.1 Å². The standard InChI is InChI=1S/C14H15N3O7/c1-4-12-15-16-13(24-12)7-23-14(18)8-5-10(21-2)11(22-3)6-9(8)17(19)20/h5-6H,4,7H2,1-3H3. The van der Waals surface area contributed by atoms with E-state index >= 15 is 0 Å². The van der Waals surface area contributed by atoms with Gasteiger partial charge >= 0.3 is 5.97 Å². The number of esters is 1. The highest BCUT2D eigenvalue weighted by Crippen LogP contribution is 2.34. The van der Waals surface area contributed by atoms with Crippen LogP contribution in [0.3, 0.4) is 0 Å². The molecule has 0 aliphatic heterocycles. The molecule has 0 fully saturated rings. The van der Waals surface area contributed by atoms with Gasteiger partial charge in [-0.1, -0.05) is 6.92 Å². The zero-order valence-electron chi connectivity index (χ0n) is 13.3. The van der Waals surface area contributed by atoms with Crippen LogP contribution in [-0.4, -0.2) is 35.3 Å². The van der Waals surface area contributed by atoms with Crippen molar-refractivity contribution in [3.8, 4) is 11.5 Å². The Hall–Kier alpha value is -3.17. The topological polar surface area (TPSA) is 127 Å². The second-order valence-electron chi connectivity index (χ2n) is 4.50. The van der Waals surface area contributed by atoms with Gasteiger partial charge in [-0.15, -0.1) is 10.2 Å². The third-order valence-corrected chi connectivity index (χ3v) is 3.06. The molecule has 0 radical (unpaired) electrons. The second-order valence-corrected chi connectivity index (χ2v) is 4.50. The maximum Gasteiger partial charge on any atom is 0.345 e. The normalized spacial score (nSPS) is 10.3. The summed E-state index contributed by atoms with van der Waals surface area (Å²) < 4.78 is 20.2. The smallest absolute Gasteiger partial charge is 0.345 e. The molecular weight excluding hydrogens is 322 g/mol. The van der Waals surface area contributed by atoms with Gasteiger partial charge in [-0.3, -0.25) is 10.1 Å². The van der Waals surface area contributed by atoms with Crippen LogP contribution in [0, 0.1) is 10.1 Å². The second kappa shape index (κ2) is 7.40. The Morgan fingerprint density at radius 2 is 1.83 bits per heavy atom. The molecule has 0 aliphatic rings. The van der Waals surface area contributed by atoms with Gasteiger partial charge in [0.05, 0.1) is 25.2 Å². The van der Waals surface area contributed by atoms with Crippen LogP contribution in [0.2, 0.25) is 0 Å². The molecule has 10 heteroatoms. The zero-order chi connectivity index (χ0) is 17.7. The van der Waals surface area contributed by atoms with Crippen molar-refractivity contribution < 1.29 is 28.3 Å². The molecule has 0 spiro atoms. The monoisotopic (exact) mass is 337 g/mol. The highest BCUT2D eigenvalue weighted by atomic mass is 16.6. The number of hydrogen-bond acceptors (Lipinski definition) is 9. The average Bonchev–Trinajstić information content (AvgIpc) is 3.06. The van der Waals surface area contributed by atoms with Gasteiger partial charge in [0.1, 0.15) is 5.56 Å². The van der Waals surface area contributed by atoms with E-state index < -0.39 is 16.6 Å². The van der Waals surface area contributed by atoms with Gasteiger partial charge in [-0.05, 0) is 0 Å². The van der Waals surface area contributed by atoms with Gasteiger partial charge < -0.3 is 18.6 Å². The molecule has 2 aromatic rings. The lowest BCUT2D eigenvalue weighted by molar-refractivity contribution is -0.385. The molecule has 2 rings (SSSR count). The SMILES string of the molecule is CCc1nnc(COC(=O)c2cc(OC)c(OC)cc2[N+](=O)[O-])o1. The predicted molar refractivity (Wildman–Crippen MR) is 79.0 cm³/mol. The Morgan fingerprint density at radius 3 is 2.38 bits per heavy atom. The lowest BCUT2D eigenvalue weighted by Crippen LogP contribution is -2.09. The van der Waals surface area contributed by atoms with E-state index in [0.717, 1.165) is 6.07 Å². The van der Waals surface area contributed by atoms with Gasteiger partial charge in [0.2, 0.25) is 5.89 Å². The molecule has 0 atom stereocenters. The summed E-state index contributed by atoms with van der Waals surface area (Å²) in [6.07, 6.45) is 0.544. The number of benzene rings is 1. The Balaban J connectivity index is 2.25. The van der Waals surface area contributed by atoms with E-state index in [4.69, 9.17) is 18.6 Å². The molecule has 24 heavy (non-hydrogen) atoms. The molecule has 0 unspecified atom stereocenters. The van der Waals surface area contributed by atoms with Crippen LogP contribution in [0.5, 0.6) is 11.5 Å². The van der Waals surface area contributed by atoms with Crippen molar-refractivity contribution in [1.29, 1.82) is 0 Å². The number of methoxy groups -OCH3 is 2. The average molecular weight is 337 g/mol. The van der Waals surface area contributed by atoms with Gasteiger partial charge in [-0.2, -0.15) is 0 Å². The molecule has 1 heterocycles. The van der Waals surface area contributed by atoms with Crippen molar-refractivity contribution in [2.24, 2.45) is 0 Å². The van der Waals surface area contributed by atoms with Crippen LogP contribution in [0.4, 0.5) is 5.69 Å². The van der Waals surface area contributed by atoms with E-state index in [1.165, 1.54) is 20.3 Å². The molecule has 0 amide bonds. The minimum Gasteiger partial charge on any atom is -0.493 e. The fourth-order valence-corrected chi connectivity index (χ4v) is 1.88. The molecule has 0 bridgehead atoms. The molecule has 10 nitrogen and oxygen atoms in total. The third-order valence-electron chi connectivity index (χ3n) is 3.06. The molecule has 128 valence electrons. The first-order chi connectivity index (χ1) is 11.5. The van der Waals surface area contributed by atoms with Crippen molar-refractivity contribution in [3.05, 3.63) is 39.6 Å². The zero-order valence-corrected chi connectivity index (χ0v) is 13.3. The predicted octanol–water partition coefficient (Wildman–Crippen LogP) is 1.91. The third kappa shape index (κ3) is 3.59. The number of hydrogen-bond donors (Lipinski definition) is 0. The number of carbonyl (C=O) groups is 1. The summed E-state index contributed by atoms with van der Waals surface area (Å²) in [5, 5.41) is 18.6. The van der Waals surface area contributed by atoms with Crippen molar-refractivity contribution in [3.63, 3.8) is 0 Å². The Morgan fingerprint density at radius 1 is 1.21 bits per heavy atom. The maximum absolute atomic E-state index is 12.2. The summed E-state index contributed by atoms with van der Waals surface area (Å²) in [4.78, 5) is 22.6.